The Morgan fingerprint density at radius 2 is 0.608 bits per heavy atom. The van der Waals surface area contributed by atoms with Crippen LogP contribution >= 0.6 is 15.6 Å². The van der Waals surface area contributed by atoms with Gasteiger partial charge in [-0.3, -0.25) is 37.3 Å². The molecule has 19 heteroatoms. The number of allylic oxidation sites excluding steroid dienone is 4. The fraction of sp³-hybridized carbons (Fsp3) is 0.867. The standard InChI is InChI=1S/C60H112O17P2/c1-5-9-13-17-21-23-25-26-27-28-29-31-35-39-43-47-60(65)77-56(51-71-58(63)45-41-37-34-30-24-22-18-14-10-6-2)53-75-79(68,69)73-49-54(61)48-72-78(66,67)74-52-55(76-59(64)46-42-38-33-20-16-12-8-4)50-70-57(62)44-40-36-32-19-15-11-7-3/h23,25-27,54-56,61H,5-22,24,28-53H2,1-4H3,(H,66,67)(H,68,69)/b25-23-,27-26-/t54-,55+,56+/m0/s1. The van der Waals surface area contributed by atoms with Gasteiger partial charge in [-0.25, -0.2) is 9.13 Å². The zero-order valence-corrected chi connectivity index (χ0v) is 51.6. The maximum atomic E-state index is 12.9. The Labute approximate surface area is 478 Å². The molecule has 2 unspecified atom stereocenters. The van der Waals surface area contributed by atoms with Crippen LogP contribution < -0.4 is 0 Å². The van der Waals surface area contributed by atoms with Crippen LogP contribution in [0.1, 0.15) is 278 Å². The minimum absolute atomic E-state index is 0.0852. The number of carbonyl (C=O) groups excluding carboxylic acids is 4. The highest BCUT2D eigenvalue weighted by Gasteiger charge is 2.30. The quantitative estimate of drug-likeness (QED) is 0.0169. The molecule has 0 rings (SSSR count). The third-order valence-electron chi connectivity index (χ3n) is 13.2. The molecule has 0 aliphatic heterocycles. The van der Waals surface area contributed by atoms with E-state index in [-0.39, 0.29) is 25.7 Å². The van der Waals surface area contributed by atoms with Crippen LogP contribution in [0.25, 0.3) is 0 Å². The fourth-order valence-electron chi connectivity index (χ4n) is 8.39. The molecule has 464 valence electrons. The highest BCUT2D eigenvalue weighted by atomic mass is 31.2. The van der Waals surface area contributed by atoms with Gasteiger partial charge in [-0.2, -0.15) is 0 Å². The molecule has 0 aromatic heterocycles. The van der Waals surface area contributed by atoms with Gasteiger partial charge in [-0.05, 0) is 51.4 Å². The minimum atomic E-state index is -4.95. The Bertz CT molecular complexity index is 1630. The molecule has 5 atom stereocenters. The van der Waals surface area contributed by atoms with E-state index in [4.69, 9.17) is 37.0 Å². The molecule has 0 fully saturated rings. The van der Waals surface area contributed by atoms with E-state index in [1.54, 1.807) is 0 Å². The van der Waals surface area contributed by atoms with Crippen molar-refractivity contribution in [3.05, 3.63) is 24.3 Å². The molecule has 0 bridgehead atoms. The normalized spacial score (nSPS) is 14.5. The molecule has 0 aromatic rings. The van der Waals surface area contributed by atoms with E-state index >= 15 is 0 Å². The van der Waals surface area contributed by atoms with Crippen molar-refractivity contribution in [1.29, 1.82) is 0 Å². The first kappa shape index (κ1) is 76.5. The van der Waals surface area contributed by atoms with Crippen LogP contribution in [0.3, 0.4) is 0 Å². The lowest BCUT2D eigenvalue weighted by Crippen LogP contribution is -2.30. The summed E-state index contributed by atoms with van der Waals surface area (Å²) in [7, 11) is -9.88. The van der Waals surface area contributed by atoms with Crippen molar-refractivity contribution in [3.8, 4) is 0 Å². The van der Waals surface area contributed by atoms with E-state index in [9.17, 15) is 43.2 Å². The first-order valence-electron chi connectivity index (χ1n) is 31.1. The van der Waals surface area contributed by atoms with E-state index in [0.717, 1.165) is 128 Å². The highest BCUT2D eigenvalue weighted by Crippen LogP contribution is 2.45. The van der Waals surface area contributed by atoms with Crippen molar-refractivity contribution in [3.63, 3.8) is 0 Å². The maximum Gasteiger partial charge on any atom is 0.472 e. The molecule has 0 saturated heterocycles. The molecule has 0 saturated carbocycles. The summed E-state index contributed by atoms with van der Waals surface area (Å²) in [5.41, 5.74) is 0. The smallest absolute Gasteiger partial charge is 0.462 e. The Balaban J connectivity index is 5.22. The first-order chi connectivity index (χ1) is 38.2. The largest absolute Gasteiger partial charge is 0.472 e. The lowest BCUT2D eigenvalue weighted by Gasteiger charge is -2.21. The highest BCUT2D eigenvalue weighted by molar-refractivity contribution is 7.47. The number of aliphatic hydroxyl groups excluding tert-OH is 1. The zero-order chi connectivity index (χ0) is 58.3. The number of hydrogen-bond donors (Lipinski definition) is 3. The summed E-state index contributed by atoms with van der Waals surface area (Å²) in [5.74, 6) is -2.18. The van der Waals surface area contributed by atoms with Crippen molar-refractivity contribution < 1.29 is 80.2 Å². The summed E-state index contributed by atoms with van der Waals surface area (Å²) in [6, 6.07) is 0. The Morgan fingerprint density at radius 1 is 0.354 bits per heavy atom. The lowest BCUT2D eigenvalue weighted by molar-refractivity contribution is -0.161. The summed E-state index contributed by atoms with van der Waals surface area (Å²) < 4.78 is 67.6. The summed E-state index contributed by atoms with van der Waals surface area (Å²) in [6.45, 7) is 4.70. The number of esters is 4. The fourth-order valence-corrected chi connectivity index (χ4v) is 9.97. The average molecular weight is 1170 g/mol. The zero-order valence-electron chi connectivity index (χ0n) is 49.8. The van der Waals surface area contributed by atoms with E-state index < -0.39 is 97.5 Å². The minimum Gasteiger partial charge on any atom is -0.462 e. The molecule has 0 aliphatic carbocycles. The van der Waals surface area contributed by atoms with Crippen LogP contribution in [-0.2, 0) is 65.4 Å². The van der Waals surface area contributed by atoms with E-state index in [0.29, 0.717) is 25.7 Å². The first-order valence-corrected chi connectivity index (χ1v) is 34.1. The maximum absolute atomic E-state index is 12.9. The summed E-state index contributed by atoms with van der Waals surface area (Å²) in [4.78, 5) is 71.7. The van der Waals surface area contributed by atoms with Crippen LogP contribution in [0.4, 0.5) is 0 Å². The van der Waals surface area contributed by atoms with Gasteiger partial charge < -0.3 is 33.8 Å². The molecule has 0 heterocycles. The number of carbonyl (C=O) groups is 4. The predicted octanol–water partition coefficient (Wildman–Crippen LogP) is 15.9. The van der Waals surface area contributed by atoms with Crippen molar-refractivity contribution in [2.24, 2.45) is 0 Å². The second-order valence-corrected chi connectivity index (χ2v) is 24.0. The van der Waals surface area contributed by atoms with E-state index in [1.807, 2.05) is 0 Å². The number of rotatable bonds is 59. The van der Waals surface area contributed by atoms with E-state index in [1.165, 1.54) is 70.6 Å². The Morgan fingerprint density at radius 3 is 0.924 bits per heavy atom. The second-order valence-electron chi connectivity index (χ2n) is 21.1. The van der Waals surface area contributed by atoms with Gasteiger partial charge in [0.2, 0.25) is 0 Å². The van der Waals surface area contributed by atoms with Gasteiger partial charge in [0, 0.05) is 25.7 Å². The Hall–Kier alpha value is -2.46. The molecule has 79 heavy (non-hydrogen) atoms. The van der Waals surface area contributed by atoms with Crippen molar-refractivity contribution in [2.75, 3.05) is 39.6 Å². The van der Waals surface area contributed by atoms with Crippen LogP contribution in [0, 0.1) is 0 Å². The van der Waals surface area contributed by atoms with Crippen molar-refractivity contribution in [1.82, 2.24) is 0 Å². The van der Waals surface area contributed by atoms with Crippen LogP contribution in [0.2, 0.25) is 0 Å². The number of phosphoric acid groups is 2. The number of unbranched alkanes of at least 4 members (excludes halogenated alkanes) is 30. The van der Waals surface area contributed by atoms with Gasteiger partial charge in [0.25, 0.3) is 0 Å². The SMILES string of the molecule is CCCCCC/C=C\C=C/CCCCCCCC(=O)O[C@H](COC(=O)CCCCCCCCCCCC)COP(=O)(O)OC[C@@H](O)COP(=O)(O)OC[C@@H](COC(=O)CCCCCCCCC)OC(=O)CCCCCCCCC. The summed E-state index contributed by atoms with van der Waals surface area (Å²) >= 11 is 0. The van der Waals surface area contributed by atoms with E-state index in [2.05, 4.69) is 52.0 Å². The van der Waals surface area contributed by atoms with Gasteiger partial charge in [0.05, 0.1) is 26.4 Å². The molecule has 0 spiro atoms. The number of hydrogen-bond acceptors (Lipinski definition) is 15. The third kappa shape index (κ3) is 54.5. The summed E-state index contributed by atoms with van der Waals surface area (Å²) in [5, 5.41) is 10.5. The molecular weight excluding hydrogens is 1050 g/mol. The van der Waals surface area contributed by atoms with Gasteiger partial charge in [0.15, 0.2) is 12.2 Å². The molecule has 0 radical (unpaired) electrons. The molecule has 3 N–H and O–H groups in total. The Kier molecular flexibility index (Phi) is 53.1. The number of phosphoric ester groups is 2. The monoisotopic (exact) mass is 1170 g/mol. The van der Waals surface area contributed by atoms with Gasteiger partial charge in [0.1, 0.15) is 19.3 Å². The molecule has 0 aromatic carbocycles. The van der Waals surface area contributed by atoms with Crippen LogP contribution in [-0.4, -0.2) is 96.7 Å². The topological polar surface area (TPSA) is 237 Å². The average Bonchev–Trinajstić information content (AvgIpc) is 3.42. The molecule has 0 amide bonds. The summed E-state index contributed by atoms with van der Waals surface area (Å²) in [6.07, 6.45) is 41.4. The predicted molar refractivity (Wildman–Crippen MR) is 312 cm³/mol. The van der Waals surface area contributed by atoms with Gasteiger partial charge in [-0.1, -0.05) is 225 Å². The van der Waals surface area contributed by atoms with Crippen LogP contribution in [0.15, 0.2) is 24.3 Å². The number of aliphatic hydroxyl groups is 1. The van der Waals surface area contributed by atoms with Gasteiger partial charge in [-0.15, -0.1) is 0 Å². The number of ether oxygens (including phenoxy) is 4. The molecule has 17 nitrogen and oxygen atoms in total. The molecular formula is C60H112O17P2. The second kappa shape index (κ2) is 54.8. The van der Waals surface area contributed by atoms with Crippen LogP contribution in [0.5, 0.6) is 0 Å². The lowest BCUT2D eigenvalue weighted by atomic mass is 10.1. The van der Waals surface area contributed by atoms with Crippen molar-refractivity contribution >= 4 is 39.5 Å². The third-order valence-corrected chi connectivity index (χ3v) is 15.1. The van der Waals surface area contributed by atoms with Gasteiger partial charge >= 0.3 is 39.5 Å². The van der Waals surface area contributed by atoms with Crippen molar-refractivity contribution in [2.45, 2.75) is 296 Å². The molecule has 0 aliphatic rings.